The molecule has 0 aromatic heterocycles. The lowest BCUT2D eigenvalue weighted by atomic mass is 9.62. The van der Waals surface area contributed by atoms with Gasteiger partial charge in [-0.3, -0.25) is 4.79 Å². The number of carbonyl (C=O) groups is 2. The maximum Gasteiger partial charge on any atom is 0.407 e. The molecule has 0 aliphatic heterocycles. The summed E-state index contributed by atoms with van der Waals surface area (Å²) in [6.07, 6.45) is 5.24. The maximum atomic E-state index is 12.0. The third-order valence-corrected chi connectivity index (χ3v) is 4.52. The number of amides is 1. The van der Waals surface area contributed by atoms with E-state index in [1.54, 1.807) is 6.08 Å². The van der Waals surface area contributed by atoms with E-state index in [1.165, 1.54) is 0 Å². The first-order valence-electron chi connectivity index (χ1n) is 8.68. The molecule has 1 rings (SSSR count). The molecule has 1 aliphatic carbocycles. The number of Topliss-reactive ketones (excluding diaryl/α,β-unsaturated/α-hetero) is 1. The van der Waals surface area contributed by atoms with E-state index in [1.807, 2.05) is 6.92 Å². The number of ether oxygens (including phenoxy) is 1. The van der Waals surface area contributed by atoms with Crippen LogP contribution in [-0.4, -0.2) is 37.1 Å². The highest BCUT2D eigenvalue weighted by molar-refractivity contribution is 5.77. The normalized spacial score (nSPS) is 25.4. The first-order valence-corrected chi connectivity index (χ1v) is 8.68. The smallest absolute Gasteiger partial charge is 0.407 e. The van der Waals surface area contributed by atoms with E-state index in [4.69, 9.17) is 4.74 Å². The van der Waals surface area contributed by atoms with Crippen LogP contribution in [0.3, 0.4) is 0 Å². The summed E-state index contributed by atoms with van der Waals surface area (Å²) >= 11 is 0. The Morgan fingerprint density at radius 1 is 1.29 bits per heavy atom. The monoisotopic (exact) mass is 338 g/mol. The Bertz CT molecular complexity index is 497. The average Bonchev–Trinajstić information content (AvgIpc) is 2.47. The third kappa shape index (κ3) is 7.26. The van der Waals surface area contributed by atoms with Crippen molar-refractivity contribution in [2.75, 3.05) is 13.2 Å². The molecule has 0 bridgehead atoms. The van der Waals surface area contributed by atoms with Gasteiger partial charge in [0.1, 0.15) is 5.78 Å². The molecule has 6 nitrogen and oxygen atoms in total. The lowest BCUT2D eigenvalue weighted by Gasteiger charge is -2.45. The molecule has 0 aromatic carbocycles. The zero-order valence-corrected chi connectivity index (χ0v) is 15.3. The third-order valence-electron chi connectivity index (χ3n) is 4.52. The second-order valence-electron chi connectivity index (χ2n) is 7.94. The SMILES string of the molecule is CCC(=O)CCCOC(=O)NC1CC(C)(C)CC(C)(CN=C=O)C1. The maximum absolute atomic E-state index is 12.0. The predicted molar refractivity (Wildman–Crippen MR) is 91.5 cm³/mol. The summed E-state index contributed by atoms with van der Waals surface area (Å²) in [5.41, 5.74) is -0.0818. The number of aliphatic imine (C=N–C) groups is 1. The second kappa shape index (κ2) is 8.97. The van der Waals surface area contributed by atoms with Crippen LogP contribution in [0.4, 0.5) is 4.79 Å². The number of nitrogens with one attached hydrogen (secondary N) is 1. The van der Waals surface area contributed by atoms with E-state index in [2.05, 4.69) is 31.1 Å². The van der Waals surface area contributed by atoms with Crippen molar-refractivity contribution in [1.82, 2.24) is 5.32 Å². The highest BCUT2D eigenvalue weighted by Gasteiger charge is 2.41. The molecule has 136 valence electrons. The lowest BCUT2D eigenvalue weighted by Crippen LogP contribution is -2.48. The molecule has 2 unspecified atom stereocenters. The van der Waals surface area contributed by atoms with Crippen LogP contribution in [0.25, 0.3) is 0 Å². The van der Waals surface area contributed by atoms with Crippen LogP contribution >= 0.6 is 0 Å². The van der Waals surface area contributed by atoms with E-state index >= 15 is 0 Å². The van der Waals surface area contributed by atoms with Crippen molar-refractivity contribution in [2.45, 2.75) is 72.3 Å². The van der Waals surface area contributed by atoms with Gasteiger partial charge < -0.3 is 10.1 Å². The zero-order chi connectivity index (χ0) is 18.2. The molecule has 1 fully saturated rings. The fraction of sp³-hybridized carbons (Fsp3) is 0.833. The van der Waals surface area contributed by atoms with Gasteiger partial charge in [0.2, 0.25) is 6.08 Å². The topological polar surface area (TPSA) is 84.8 Å². The lowest BCUT2D eigenvalue weighted by molar-refractivity contribution is -0.119. The Morgan fingerprint density at radius 3 is 2.62 bits per heavy atom. The van der Waals surface area contributed by atoms with Crippen molar-refractivity contribution in [3.8, 4) is 0 Å². The first kappa shape index (κ1) is 20.4. The molecule has 2 atom stereocenters. The van der Waals surface area contributed by atoms with E-state index in [9.17, 15) is 14.4 Å². The number of hydrogen-bond donors (Lipinski definition) is 1. The van der Waals surface area contributed by atoms with Gasteiger partial charge in [0, 0.05) is 18.9 Å². The molecule has 1 N–H and O–H groups in total. The van der Waals surface area contributed by atoms with Crippen LogP contribution in [0.2, 0.25) is 0 Å². The molecule has 1 aliphatic rings. The number of ketones is 1. The number of carbonyl (C=O) groups excluding carboxylic acids is 3. The summed E-state index contributed by atoms with van der Waals surface area (Å²) in [7, 11) is 0. The molecule has 1 saturated carbocycles. The van der Waals surface area contributed by atoms with Gasteiger partial charge >= 0.3 is 6.09 Å². The van der Waals surface area contributed by atoms with Crippen molar-refractivity contribution in [1.29, 1.82) is 0 Å². The van der Waals surface area contributed by atoms with Crippen molar-refractivity contribution in [3.05, 3.63) is 0 Å². The van der Waals surface area contributed by atoms with Gasteiger partial charge in [-0.05, 0) is 36.5 Å². The van der Waals surface area contributed by atoms with E-state index in [0.29, 0.717) is 25.8 Å². The standard InChI is InChI=1S/C18H30N2O4/c1-5-15(22)7-6-8-24-16(23)20-14-9-17(2,3)11-18(4,10-14)12-19-13-21/h14H,5-12H2,1-4H3,(H,20,23). The predicted octanol–water partition coefficient (Wildman–Crippen LogP) is 3.39. The molecule has 1 amide bonds. The van der Waals surface area contributed by atoms with Crippen molar-refractivity contribution in [3.63, 3.8) is 0 Å². The zero-order valence-electron chi connectivity index (χ0n) is 15.3. The van der Waals surface area contributed by atoms with Crippen molar-refractivity contribution >= 4 is 18.0 Å². The van der Waals surface area contributed by atoms with Crippen molar-refractivity contribution in [2.24, 2.45) is 15.8 Å². The Labute approximate surface area is 144 Å². The minimum atomic E-state index is -0.442. The minimum Gasteiger partial charge on any atom is -0.450 e. The van der Waals surface area contributed by atoms with Crippen LogP contribution < -0.4 is 5.32 Å². The van der Waals surface area contributed by atoms with Crippen LogP contribution in [0.1, 0.15) is 66.2 Å². The van der Waals surface area contributed by atoms with Gasteiger partial charge in [-0.25, -0.2) is 14.6 Å². The van der Waals surface area contributed by atoms with Gasteiger partial charge in [0.25, 0.3) is 0 Å². The molecule has 24 heavy (non-hydrogen) atoms. The summed E-state index contributed by atoms with van der Waals surface area (Å²) in [5.74, 6) is 0.180. The molecular formula is C18H30N2O4. The number of alkyl carbamates (subject to hydrolysis) is 1. The Hall–Kier alpha value is -1.68. The molecule has 0 radical (unpaired) electrons. The molecule has 0 saturated heterocycles. The van der Waals surface area contributed by atoms with E-state index in [-0.39, 0.29) is 29.3 Å². The molecule has 0 spiro atoms. The van der Waals surface area contributed by atoms with Gasteiger partial charge in [-0.1, -0.05) is 27.7 Å². The summed E-state index contributed by atoms with van der Waals surface area (Å²) in [6.45, 7) is 8.90. The molecule has 0 aromatic rings. The van der Waals surface area contributed by atoms with Crippen LogP contribution in [0, 0.1) is 10.8 Å². The van der Waals surface area contributed by atoms with Crippen LogP contribution in [0.5, 0.6) is 0 Å². The number of rotatable bonds is 8. The van der Waals surface area contributed by atoms with Crippen molar-refractivity contribution < 1.29 is 19.1 Å². The van der Waals surface area contributed by atoms with Crippen LogP contribution in [-0.2, 0) is 14.3 Å². The highest BCUT2D eigenvalue weighted by atomic mass is 16.5. The quantitative estimate of drug-likeness (QED) is 0.417. The number of nitrogens with zero attached hydrogens (tertiary/aromatic N) is 1. The van der Waals surface area contributed by atoms with Gasteiger partial charge in [-0.2, -0.15) is 0 Å². The average molecular weight is 338 g/mol. The van der Waals surface area contributed by atoms with Gasteiger partial charge in [0.15, 0.2) is 0 Å². The summed E-state index contributed by atoms with van der Waals surface area (Å²) in [4.78, 5) is 37.3. The Kier molecular flexibility index (Phi) is 7.61. The number of isocyanates is 1. The fourth-order valence-electron chi connectivity index (χ4n) is 3.90. The second-order valence-corrected chi connectivity index (χ2v) is 7.94. The van der Waals surface area contributed by atoms with Gasteiger partial charge in [-0.15, -0.1) is 0 Å². The molecule has 0 heterocycles. The van der Waals surface area contributed by atoms with E-state index < -0.39 is 6.09 Å². The molecule has 6 heteroatoms. The fourth-order valence-corrected chi connectivity index (χ4v) is 3.90. The Morgan fingerprint density at radius 2 is 2.00 bits per heavy atom. The van der Waals surface area contributed by atoms with Crippen LogP contribution in [0.15, 0.2) is 4.99 Å². The molecular weight excluding hydrogens is 308 g/mol. The summed E-state index contributed by atoms with van der Waals surface area (Å²) in [5, 5.41) is 2.92. The van der Waals surface area contributed by atoms with E-state index in [0.717, 1.165) is 19.3 Å². The highest BCUT2D eigenvalue weighted by Crippen LogP contribution is 2.46. The van der Waals surface area contributed by atoms with Gasteiger partial charge in [0.05, 0.1) is 13.2 Å². The minimum absolute atomic E-state index is 0.00891. The summed E-state index contributed by atoms with van der Waals surface area (Å²) in [6, 6.07) is -0.00891. The first-order chi connectivity index (χ1) is 11.2. The Balaban J connectivity index is 2.48. The summed E-state index contributed by atoms with van der Waals surface area (Å²) < 4.78 is 5.17. The number of hydrogen-bond acceptors (Lipinski definition) is 5. The largest absolute Gasteiger partial charge is 0.450 e.